The third-order valence-corrected chi connectivity index (χ3v) is 3.62. The number of amidine groups is 1. The Balaban J connectivity index is 2.06. The van der Waals surface area contributed by atoms with Gasteiger partial charge in [0.15, 0.2) is 0 Å². The number of nitrogens with zero attached hydrogens (tertiary/aromatic N) is 1. The summed E-state index contributed by atoms with van der Waals surface area (Å²) in [7, 11) is 0. The molecule has 0 aliphatic heterocycles. The summed E-state index contributed by atoms with van der Waals surface area (Å²) >= 11 is 0. The molecule has 0 saturated carbocycles. The first-order chi connectivity index (χ1) is 9.56. The molecule has 0 fully saturated rings. The van der Waals surface area contributed by atoms with Gasteiger partial charge >= 0.3 is 0 Å². The van der Waals surface area contributed by atoms with E-state index in [-0.39, 0.29) is 5.41 Å². The summed E-state index contributed by atoms with van der Waals surface area (Å²) in [5.74, 6) is 0.307. The van der Waals surface area contributed by atoms with Crippen LogP contribution in [0.1, 0.15) is 38.7 Å². The molecule has 1 rings (SSSR count). The number of nitrogens with one attached hydrogen (secondary N) is 1. The van der Waals surface area contributed by atoms with Crippen molar-refractivity contribution < 1.29 is 5.21 Å². The van der Waals surface area contributed by atoms with Gasteiger partial charge < -0.3 is 16.3 Å². The van der Waals surface area contributed by atoms with E-state index in [4.69, 9.17) is 10.9 Å². The molecule has 0 bridgehead atoms. The zero-order valence-corrected chi connectivity index (χ0v) is 12.6. The zero-order valence-electron chi connectivity index (χ0n) is 12.6. The maximum Gasteiger partial charge on any atom is 0.144 e. The molecule has 0 amide bonds. The number of nitrogens with two attached hydrogens (primary N) is 1. The summed E-state index contributed by atoms with van der Waals surface area (Å²) in [4.78, 5) is 0. The molecule has 4 nitrogen and oxygen atoms in total. The number of hydrogen-bond donors (Lipinski definition) is 3. The molecule has 112 valence electrons. The standard InChI is InChI=1S/C16H27N3O/c1-16(2,15(17)19-20)11-7-13-18-12-6-10-14-8-4-3-5-9-14/h3-5,8-9,18,20H,6-7,10-13H2,1-2H3,(H2,17,19). The second-order valence-corrected chi connectivity index (χ2v) is 5.81. The largest absolute Gasteiger partial charge is 0.409 e. The van der Waals surface area contributed by atoms with Crippen molar-refractivity contribution in [3.05, 3.63) is 35.9 Å². The van der Waals surface area contributed by atoms with Crippen LogP contribution in [0, 0.1) is 5.41 Å². The number of rotatable bonds is 9. The molecular formula is C16H27N3O. The van der Waals surface area contributed by atoms with Crippen LogP contribution in [-0.4, -0.2) is 24.1 Å². The molecule has 0 aliphatic rings. The van der Waals surface area contributed by atoms with Gasteiger partial charge in [-0.25, -0.2) is 0 Å². The molecule has 0 spiro atoms. The summed E-state index contributed by atoms with van der Waals surface area (Å²) in [6.45, 7) is 5.99. The van der Waals surface area contributed by atoms with Crippen molar-refractivity contribution >= 4 is 5.84 Å². The van der Waals surface area contributed by atoms with Crippen LogP contribution in [0.25, 0.3) is 0 Å². The molecule has 20 heavy (non-hydrogen) atoms. The van der Waals surface area contributed by atoms with Crippen LogP contribution in [-0.2, 0) is 6.42 Å². The number of benzene rings is 1. The van der Waals surface area contributed by atoms with E-state index in [1.165, 1.54) is 5.56 Å². The van der Waals surface area contributed by atoms with E-state index in [1.807, 2.05) is 19.9 Å². The van der Waals surface area contributed by atoms with Crippen molar-refractivity contribution in [2.24, 2.45) is 16.3 Å². The van der Waals surface area contributed by atoms with Crippen molar-refractivity contribution in [1.29, 1.82) is 0 Å². The average Bonchev–Trinajstić information content (AvgIpc) is 2.46. The van der Waals surface area contributed by atoms with Gasteiger partial charge in [0.25, 0.3) is 0 Å². The summed E-state index contributed by atoms with van der Waals surface area (Å²) in [5.41, 5.74) is 6.81. The van der Waals surface area contributed by atoms with Crippen LogP contribution in [0.15, 0.2) is 35.5 Å². The highest BCUT2D eigenvalue weighted by molar-refractivity contribution is 5.85. The fourth-order valence-electron chi connectivity index (χ4n) is 2.11. The van der Waals surface area contributed by atoms with Crippen molar-refractivity contribution in [1.82, 2.24) is 5.32 Å². The van der Waals surface area contributed by atoms with E-state index >= 15 is 0 Å². The number of oxime groups is 1. The molecule has 0 aliphatic carbocycles. The van der Waals surface area contributed by atoms with Gasteiger partial charge in [0.1, 0.15) is 5.84 Å². The molecular weight excluding hydrogens is 250 g/mol. The molecule has 4 N–H and O–H groups in total. The Kier molecular flexibility index (Phi) is 7.09. The molecule has 1 aromatic rings. The number of aryl methyl sites for hydroxylation is 1. The SMILES string of the molecule is CC(C)(CCCNCCCc1ccccc1)C(N)=NO. The highest BCUT2D eigenvalue weighted by Gasteiger charge is 2.22. The molecule has 1 aromatic carbocycles. The Morgan fingerprint density at radius 3 is 2.50 bits per heavy atom. The van der Waals surface area contributed by atoms with E-state index in [9.17, 15) is 0 Å². The van der Waals surface area contributed by atoms with Gasteiger partial charge in [-0.15, -0.1) is 0 Å². The maximum absolute atomic E-state index is 8.70. The van der Waals surface area contributed by atoms with Gasteiger partial charge in [-0.2, -0.15) is 0 Å². The van der Waals surface area contributed by atoms with Crippen LogP contribution in [0.3, 0.4) is 0 Å². The highest BCUT2D eigenvalue weighted by atomic mass is 16.4. The van der Waals surface area contributed by atoms with Crippen LogP contribution in [0.2, 0.25) is 0 Å². The fraction of sp³-hybridized carbons (Fsp3) is 0.562. The predicted molar refractivity (Wildman–Crippen MR) is 84.1 cm³/mol. The lowest BCUT2D eigenvalue weighted by atomic mass is 9.86. The second-order valence-electron chi connectivity index (χ2n) is 5.81. The van der Waals surface area contributed by atoms with Gasteiger partial charge in [0.2, 0.25) is 0 Å². The topological polar surface area (TPSA) is 70.6 Å². The molecule has 0 saturated heterocycles. The zero-order chi connectivity index (χ0) is 14.8. The average molecular weight is 277 g/mol. The molecule has 0 aromatic heterocycles. The minimum atomic E-state index is -0.236. The van der Waals surface area contributed by atoms with E-state index in [0.29, 0.717) is 5.84 Å². The van der Waals surface area contributed by atoms with Crippen LogP contribution in [0.5, 0.6) is 0 Å². The smallest absolute Gasteiger partial charge is 0.144 e. The molecule has 4 heteroatoms. The summed E-state index contributed by atoms with van der Waals surface area (Å²) < 4.78 is 0. The van der Waals surface area contributed by atoms with Gasteiger partial charge in [0.05, 0.1) is 0 Å². The van der Waals surface area contributed by atoms with Gasteiger partial charge in [-0.05, 0) is 44.3 Å². The fourth-order valence-corrected chi connectivity index (χ4v) is 2.11. The van der Waals surface area contributed by atoms with Gasteiger partial charge in [-0.1, -0.05) is 49.3 Å². The first-order valence-electron chi connectivity index (χ1n) is 7.29. The minimum absolute atomic E-state index is 0.236. The lowest BCUT2D eigenvalue weighted by Crippen LogP contribution is -2.32. The molecule has 0 heterocycles. The summed E-state index contributed by atoms with van der Waals surface area (Å²) in [5, 5.41) is 15.2. The third kappa shape index (κ3) is 6.06. The van der Waals surface area contributed by atoms with Gasteiger partial charge in [-0.3, -0.25) is 0 Å². The molecule has 0 radical (unpaired) electrons. The monoisotopic (exact) mass is 277 g/mol. The van der Waals surface area contributed by atoms with E-state index in [1.54, 1.807) is 0 Å². The van der Waals surface area contributed by atoms with E-state index < -0.39 is 0 Å². The first-order valence-corrected chi connectivity index (χ1v) is 7.29. The second kappa shape index (κ2) is 8.59. The normalized spacial score (nSPS) is 12.6. The minimum Gasteiger partial charge on any atom is -0.409 e. The van der Waals surface area contributed by atoms with Crippen molar-refractivity contribution in [2.75, 3.05) is 13.1 Å². The van der Waals surface area contributed by atoms with Crippen molar-refractivity contribution in [3.63, 3.8) is 0 Å². The van der Waals surface area contributed by atoms with E-state index in [2.05, 4.69) is 34.7 Å². The molecule has 0 unspecified atom stereocenters. The van der Waals surface area contributed by atoms with Crippen LogP contribution in [0.4, 0.5) is 0 Å². The van der Waals surface area contributed by atoms with Gasteiger partial charge in [0, 0.05) is 5.41 Å². The van der Waals surface area contributed by atoms with Crippen LogP contribution >= 0.6 is 0 Å². The van der Waals surface area contributed by atoms with Crippen LogP contribution < -0.4 is 11.1 Å². The quantitative estimate of drug-likeness (QED) is 0.214. The van der Waals surface area contributed by atoms with Crippen molar-refractivity contribution in [2.45, 2.75) is 39.5 Å². The lowest BCUT2D eigenvalue weighted by molar-refractivity contribution is 0.304. The highest BCUT2D eigenvalue weighted by Crippen LogP contribution is 2.21. The lowest BCUT2D eigenvalue weighted by Gasteiger charge is -2.22. The van der Waals surface area contributed by atoms with Crippen molar-refractivity contribution in [3.8, 4) is 0 Å². The predicted octanol–water partition coefficient (Wildman–Crippen LogP) is 2.76. The Morgan fingerprint density at radius 1 is 1.20 bits per heavy atom. The first kappa shape index (κ1) is 16.5. The maximum atomic E-state index is 8.70. The Bertz CT molecular complexity index is 401. The van der Waals surface area contributed by atoms with E-state index in [0.717, 1.165) is 38.8 Å². The molecule has 0 atom stereocenters. The third-order valence-electron chi connectivity index (χ3n) is 3.62. The summed E-state index contributed by atoms with van der Waals surface area (Å²) in [6.07, 6.45) is 4.19. The Morgan fingerprint density at radius 2 is 1.85 bits per heavy atom. The Labute approximate surface area is 122 Å². The Hall–Kier alpha value is -1.55. The number of hydrogen-bond acceptors (Lipinski definition) is 3. The summed E-state index contributed by atoms with van der Waals surface area (Å²) in [6, 6.07) is 10.5.